The molecule has 14 heteroatoms. The lowest BCUT2D eigenvalue weighted by atomic mass is 10.0. The number of rotatable bonds is 10. The first-order valence-electron chi connectivity index (χ1n) is 19.1. The van der Waals surface area contributed by atoms with Crippen molar-refractivity contribution in [3.05, 3.63) is 83.8 Å². The molecule has 4 aromatic rings. The number of carbonyl (C=O) groups is 4. The Morgan fingerprint density at radius 3 is 1.64 bits per heavy atom. The van der Waals surface area contributed by atoms with Crippen molar-refractivity contribution in [2.24, 2.45) is 11.8 Å². The fourth-order valence-electron chi connectivity index (χ4n) is 7.34. The molecule has 2 fully saturated rings. The lowest BCUT2D eigenvalue weighted by Gasteiger charge is -2.30. The number of hydrogen-bond acceptors (Lipinski definition) is 8. The molecular weight excluding hydrogens is 713 g/mol. The maximum absolute atomic E-state index is 13.5. The van der Waals surface area contributed by atoms with Crippen LogP contribution in [0.1, 0.15) is 88.4 Å². The van der Waals surface area contributed by atoms with Gasteiger partial charge in [0.1, 0.15) is 29.4 Å². The minimum Gasteiger partial charge on any atom is -0.453 e. The van der Waals surface area contributed by atoms with Gasteiger partial charge in [-0.25, -0.2) is 19.6 Å². The number of likely N-dealkylation sites (tertiary alicyclic amines) is 2. The quantitative estimate of drug-likeness (QED) is 0.143. The lowest BCUT2D eigenvalue weighted by molar-refractivity contribution is -0.136. The van der Waals surface area contributed by atoms with Gasteiger partial charge in [0, 0.05) is 18.7 Å². The molecule has 2 saturated heterocycles. The van der Waals surface area contributed by atoms with Crippen molar-refractivity contribution < 1.29 is 28.7 Å². The van der Waals surface area contributed by atoms with Crippen LogP contribution in [-0.2, 0) is 19.1 Å². The highest BCUT2D eigenvalue weighted by Crippen LogP contribution is 2.34. The molecule has 4 amide bonds. The molecule has 0 radical (unpaired) electrons. The molecule has 2 aromatic carbocycles. The summed E-state index contributed by atoms with van der Waals surface area (Å²) in [6.45, 7) is 8.75. The Labute approximate surface area is 327 Å². The number of benzene rings is 2. The number of alkyl carbamates (subject to hydrolysis) is 2. The van der Waals surface area contributed by atoms with Gasteiger partial charge in [-0.05, 0) is 72.3 Å². The van der Waals surface area contributed by atoms with E-state index in [4.69, 9.17) is 9.47 Å². The number of amides is 4. The van der Waals surface area contributed by atoms with E-state index in [0.29, 0.717) is 24.6 Å². The molecule has 14 nitrogen and oxygen atoms in total. The Morgan fingerprint density at radius 1 is 0.679 bits per heavy atom. The minimum atomic E-state index is -0.695. The van der Waals surface area contributed by atoms with Gasteiger partial charge in [-0.1, -0.05) is 70.0 Å². The van der Waals surface area contributed by atoms with Crippen LogP contribution in [0.3, 0.4) is 0 Å². The zero-order valence-electron chi connectivity index (χ0n) is 32.7. The molecule has 0 saturated carbocycles. The highest BCUT2D eigenvalue weighted by Gasteiger charge is 2.39. The SMILES string of the molecule is COC(=O)N[C@H](C(=O)N1CCC[C@H]1c1ncc(C#Cc2ccc(-c3ccc(-c4cnc([C@@H]5CCCN5C(=O)[C@@H](NC(=O)OC)C(C)C)[nH]4)cc3)cc2)[nH]1)C(C)C. The Morgan fingerprint density at radius 2 is 1.14 bits per heavy atom. The summed E-state index contributed by atoms with van der Waals surface area (Å²) in [5.41, 5.74) is 5.42. The topological polar surface area (TPSA) is 175 Å². The number of methoxy groups -OCH3 is 2. The molecule has 2 aliphatic heterocycles. The van der Waals surface area contributed by atoms with Gasteiger partial charge in [0.2, 0.25) is 11.8 Å². The molecule has 0 bridgehead atoms. The van der Waals surface area contributed by atoms with Gasteiger partial charge in [0.25, 0.3) is 0 Å². The van der Waals surface area contributed by atoms with E-state index in [1.807, 2.05) is 64.1 Å². The molecule has 2 aliphatic rings. The first-order chi connectivity index (χ1) is 27.0. The second-order valence-electron chi connectivity index (χ2n) is 14.9. The average Bonchev–Trinajstić information content (AvgIpc) is 4.04. The average molecular weight is 763 g/mol. The number of H-pyrrole nitrogens is 2. The molecule has 0 spiro atoms. The van der Waals surface area contributed by atoms with Crippen molar-refractivity contribution in [1.29, 1.82) is 0 Å². The van der Waals surface area contributed by atoms with E-state index in [1.165, 1.54) is 14.2 Å². The first kappa shape index (κ1) is 39.6. The van der Waals surface area contributed by atoms with Crippen LogP contribution in [0.4, 0.5) is 9.59 Å². The standard InChI is InChI=1S/C42H50N8O6/c1-25(2)35(47-41(53)55-5)39(51)49-21-7-9-33(49)37-43-23-31(45-37)20-13-27-11-14-28(15-12-27)29-16-18-30(19-17-29)32-24-44-38(46-32)34-10-8-22-50(34)40(52)36(26(3)4)48-42(54)56-6/h11-12,14-19,23-26,33-36H,7-10,21-22H2,1-6H3,(H,43,45)(H,44,46)(H,47,53)(H,48,54)/t33-,34-,35-,36-/m0/s1. The molecule has 4 atom stereocenters. The van der Waals surface area contributed by atoms with Crippen molar-refractivity contribution in [1.82, 2.24) is 40.4 Å². The summed E-state index contributed by atoms with van der Waals surface area (Å²) < 4.78 is 9.48. The van der Waals surface area contributed by atoms with E-state index in [1.54, 1.807) is 22.2 Å². The van der Waals surface area contributed by atoms with Crippen LogP contribution in [0.25, 0.3) is 22.4 Å². The molecule has 2 aromatic heterocycles. The second kappa shape index (κ2) is 17.6. The number of ether oxygens (including phenoxy) is 2. The lowest BCUT2D eigenvalue weighted by Crippen LogP contribution is -2.51. The van der Waals surface area contributed by atoms with Crippen LogP contribution in [0.5, 0.6) is 0 Å². The van der Waals surface area contributed by atoms with Crippen molar-refractivity contribution in [3.8, 4) is 34.2 Å². The monoisotopic (exact) mass is 762 g/mol. The number of nitrogens with zero attached hydrogens (tertiary/aromatic N) is 4. The van der Waals surface area contributed by atoms with Gasteiger partial charge in [-0.2, -0.15) is 0 Å². The maximum atomic E-state index is 13.5. The fraction of sp³-hybridized carbons (Fsp3) is 0.429. The summed E-state index contributed by atoms with van der Waals surface area (Å²) in [7, 11) is 2.57. The van der Waals surface area contributed by atoms with Crippen LogP contribution in [0.15, 0.2) is 60.9 Å². The van der Waals surface area contributed by atoms with E-state index in [0.717, 1.165) is 59.5 Å². The third kappa shape index (κ3) is 8.88. The summed E-state index contributed by atoms with van der Waals surface area (Å²) in [5.74, 6) is 7.25. The van der Waals surface area contributed by atoms with E-state index < -0.39 is 24.3 Å². The smallest absolute Gasteiger partial charge is 0.407 e. The molecule has 56 heavy (non-hydrogen) atoms. The molecule has 0 unspecified atom stereocenters. The largest absolute Gasteiger partial charge is 0.453 e. The summed E-state index contributed by atoms with van der Waals surface area (Å²) in [4.78, 5) is 70.3. The molecule has 0 aliphatic carbocycles. The Kier molecular flexibility index (Phi) is 12.4. The van der Waals surface area contributed by atoms with Gasteiger partial charge in [-0.15, -0.1) is 0 Å². The van der Waals surface area contributed by atoms with Gasteiger partial charge < -0.3 is 39.9 Å². The summed E-state index contributed by atoms with van der Waals surface area (Å²) in [6.07, 6.45) is 5.45. The van der Waals surface area contributed by atoms with Crippen LogP contribution in [0.2, 0.25) is 0 Å². The fourth-order valence-corrected chi connectivity index (χ4v) is 7.34. The van der Waals surface area contributed by atoms with E-state index in [9.17, 15) is 19.2 Å². The first-order valence-corrected chi connectivity index (χ1v) is 19.1. The van der Waals surface area contributed by atoms with E-state index in [2.05, 4.69) is 54.5 Å². The maximum Gasteiger partial charge on any atom is 0.407 e. The van der Waals surface area contributed by atoms with E-state index >= 15 is 0 Å². The van der Waals surface area contributed by atoms with Gasteiger partial charge in [0.15, 0.2) is 0 Å². The van der Waals surface area contributed by atoms with Crippen molar-refractivity contribution in [2.45, 2.75) is 77.5 Å². The number of hydrogen-bond donors (Lipinski definition) is 4. The summed E-state index contributed by atoms with van der Waals surface area (Å²) in [5, 5.41) is 5.37. The van der Waals surface area contributed by atoms with E-state index in [-0.39, 0.29) is 35.7 Å². The highest BCUT2D eigenvalue weighted by atomic mass is 16.5. The van der Waals surface area contributed by atoms with Crippen LogP contribution in [-0.4, -0.2) is 93.1 Å². The van der Waals surface area contributed by atoms with Gasteiger partial charge in [0.05, 0.1) is 44.4 Å². The zero-order valence-corrected chi connectivity index (χ0v) is 32.7. The molecule has 294 valence electrons. The predicted molar refractivity (Wildman–Crippen MR) is 210 cm³/mol. The molecular formula is C42H50N8O6. The Hall–Kier alpha value is -6.10. The predicted octanol–water partition coefficient (Wildman–Crippen LogP) is 5.95. The third-order valence-corrected chi connectivity index (χ3v) is 10.4. The number of aromatic nitrogens is 4. The van der Waals surface area contributed by atoms with Gasteiger partial charge >= 0.3 is 12.2 Å². The Balaban J connectivity index is 1.08. The van der Waals surface area contributed by atoms with Crippen molar-refractivity contribution in [3.63, 3.8) is 0 Å². The molecule has 4 N–H and O–H groups in total. The minimum absolute atomic E-state index is 0.105. The summed E-state index contributed by atoms with van der Waals surface area (Å²) >= 11 is 0. The normalized spacial score (nSPS) is 17.6. The van der Waals surface area contributed by atoms with Crippen LogP contribution < -0.4 is 10.6 Å². The number of carbonyl (C=O) groups excluding carboxylic acids is 4. The summed E-state index contributed by atoms with van der Waals surface area (Å²) in [6, 6.07) is 14.4. The number of aromatic amines is 2. The molecule has 6 rings (SSSR count). The molecule has 4 heterocycles. The number of imidazole rings is 2. The Bertz CT molecular complexity index is 2080. The van der Waals surface area contributed by atoms with Crippen molar-refractivity contribution in [2.75, 3.05) is 27.3 Å². The third-order valence-electron chi connectivity index (χ3n) is 10.4. The number of nitrogens with one attached hydrogen (secondary N) is 4. The van der Waals surface area contributed by atoms with Gasteiger partial charge in [-0.3, -0.25) is 9.59 Å². The van der Waals surface area contributed by atoms with Crippen molar-refractivity contribution >= 4 is 24.0 Å². The highest BCUT2D eigenvalue weighted by molar-refractivity contribution is 5.87. The van der Waals surface area contributed by atoms with Crippen LogP contribution in [0, 0.1) is 23.7 Å². The zero-order chi connectivity index (χ0) is 39.9. The van der Waals surface area contributed by atoms with Crippen LogP contribution >= 0.6 is 0 Å². The second-order valence-corrected chi connectivity index (χ2v) is 14.9.